The smallest absolute Gasteiger partial charge is 0.116 e. The average molecular weight is 385 g/mol. The Labute approximate surface area is 163 Å². The number of ether oxygens (including phenoxy) is 2. The molecule has 1 N–H and O–H groups in total. The zero-order valence-corrected chi connectivity index (χ0v) is 16.0. The summed E-state index contributed by atoms with van der Waals surface area (Å²) in [6.45, 7) is 2.31. The summed E-state index contributed by atoms with van der Waals surface area (Å²) in [5.41, 5.74) is 10.8. The highest BCUT2D eigenvalue weighted by Crippen LogP contribution is 2.36. The first-order valence-electron chi connectivity index (χ1n) is 8.89. The minimum absolute atomic E-state index is 0.145. The van der Waals surface area contributed by atoms with Crippen LogP contribution in [0.1, 0.15) is 17.5 Å². The molecule has 0 bridgehead atoms. The molecular weight excluding hydrogens is 362 g/mol. The van der Waals surface area contributed by atoms with Gasteiger partial charge in [0.25, 0.3) is 0 Å². The topological polar surface area (TPSA) is 87.5 Å². The van der Waals surface area contributed by atoms with Crippen LogP contribution in [0.4, 0.5) is 0 Å². The molecule has 0 unspecified atom stereocenters. The molecule has 1 heterocycles. The number of hydrogen-bond donors (Lipinski definition) is 1. The van der Waals surface area contributed by atoms with Crippen molar-refractivity contribution in [1.82, 2.24) is 0 Å². The largest absolute Gasteiger partial charge is 0.394 e. The van der Waals surface area contributed by atoms with Crippen molar-refractivity contribution in [3.8, 4) is 0 Å². The van der Waals surface area contributed by atoms with E-state index in [1.54, 1.807) is 0 Å². The van der Waals surface area contributed by atoms with Crippen molar-refractivity contribution in [2.24, 2.45) is 5.11 Å². The van der Waals surface area contributed by atoms with Crippen LogP contribution in [0.2, 0.25) is 0 Å². The third kappa shape index (κ3) is 5.48. The zero-order valence-electron chi connectivity index (χ0n) is 15.1. The predicted molar refractivity (Wildman–Crippen MR) is 105 cm³/mol. The number of aliphatic hydroxyl groups is 1. The number of aryl methyl sites for hydroxylation is 1. The Bertz CT molecular complexity index is 766. The van der Waals surface area contributed by atoms with Crippen LogP contribution in [-0.2, 0) is 16.1 Å². The third-order valence-corrected chi connectivity index (χ3v) is 5.67. The number of thioether (sulfide) groups is 1. The van der Waals surface area contributed by atoms with Crippen LogP contribution in [0.25, 0.3) is 10.4 Å². The fourth-order valence-electron chi connectivity index (χ4n) is 2.99. The molecule has 6 nitrogen and oxygen atoms in total. The van der Waals surface area contributed by atoms with Crippen LogP contribution in [-0.4, -0.2) is 35.4 Å². The lowest BCUT2D eigenvalue weighted by Crippen LogP contribution is -2.47. The quantitative estimate of drug-likeness (QED) is 0.433. The monoisotopic (exact) mass is 385 g/mol. The Hall–Kier alpha value is -2.02. The van der Waals surface area contributed by atoms with Gasteiger partial charge in [0.15, 0.2) is 0 Å². The first kappa shape index (κ1) is 19.7. The lowest BCUT2D eigenvalue weighted by atomic mass is 10.0. The zero-order chi connectivity index (χ0) is 19.1. The van der Waals surface area contributed by atoms with Gasteiger partial charge in [0, 0.05) is 9.81 Å². The SMILES string of the molecule is Cc1ccc(S[C@@H]2O[C@H](CO)[C@@H](OCc3ccccc3)C[C@H]2N=[N+]=[N-])cc1. The van der Waals surface area contributed by atoms with E-state index in [-0.39, 0.29) is 24.2 Å². The molecule has 0 spiro atoms. The van der Waals surface area contributed by atoms with Crippen molar-refractivity contribution in [3.05, 3.63) is 76.2 Å². The lowest BCUT2D eigenvalue weighted by Gasteiger charge is -2.38. The van der Waals surface area contributed by atoms with Gasteiger partial charge in [-0.25, -0.2) is 0 Å². The highest BCUT2D eigenvalue weighted by molar-refractivity contribution is 7.99. The molecule has 1 saturated heterocycles. The molecule has 1 aliphatic rings. The second-order valence-corrected chi connectivity index (χ2v) is 7.67. The van der Waals surface area contributed by atoms with Gasteiger partial charge in [-0.2, -0.15) is 0 Å². The lowest BCUT2D eigenvalue weighted by molar-refractivity contribution is -0.141. The molecular formula is C20H23N3O3S. The van der Waals surface area contributed by atoms with E-state index in [1.807, 2.05) is 61.5 Å². The van der Waals surface area contributed by atoms with Gasteiger partial charge in [0.05, 0.1) is 25.4 Å². The van der Waals surface area contributed by atoms with Crippen LogP contribution >= 0.6 is 11.8 Å². The summed E-state index contributed by atoms with van der Waals surface area (Å²) < 4.78 is 12.0. The fraction of sp³-hybridized carbons (Fsp3) is 0.400. The Kier molecular flexibility index (Phi) is 7.15. The highest BCUT2D eigenvalue weighted by atomic mass is 32.2. The van der Waals surface area contributed by atoms with Gasteiger partial charge < -0.3 is 14.6 Å². The van der Waals surface area contributed by atoms with E-state index in [1.165, 1.54) is 17.3 Å². The number of benzene rings is 2. The van der Waals surface area contributed by atoms with Crippen molar-refractivity contribution in [1.29, 1.82) is 0 Å². The van der Waals surface area contributed by atoms with E-state index in [2.05, 4.69) is 10.0 Å². The third-order valence-electron chi connectivity index (χ3n) is 4.47. The van der Waals surface area contributed by atoms with Crippen molar-refractivity contribution < 1.29 is 14.6 Å². The van der Waals surface area contributed by atoms with Crippen LogP contribution in [0.15, 0.2) is 64.6 Å². The summed E-state index contributed by atoms with van der Waals surface area (Å²) in [5, 5.41) is 13.7. The fourth-order valence-corrected chi connectivity index (χ4v) is 4.07. The van der Waals surface area contributed by atoms with Crippen LogP contribution in [0.5, 0.6) is 0 Å². The molecule has 0 saturated carbocycles. The van der Waals surface area contributed by atoms with Crippen molar-refractivity contribution >= 4 is 11.8 Å². The van der Waals surface area contributed by atoms with Gasteiger partial charge in [0.2, 0.25) is 0 Å². The number of nitrogens with zero attached hydrogens (tertiary/aromatic N) is 3. The minimum atomic E-state index is -0.457. The molecule has 0 aromatic heterocycles. The molecule has 142 valence electrons. The Morgan fingerprint density at radius 3 is 2.63 bits per heavy atom. The van der Waals surface area contributed by atoms with Crippen molar-refractivity contribution in [2.75, 3.05) is 6.61 Å². The van der Waals surface area contributed by atoms with Gasteiger partial charge in [-0.05, 0) is 36.6 Å². The average Bonchev–Trinajstić information content (AvgIpc) is 2.70. The normalized spacial score (nSPS) is 25.0. The highest BCUT2D eigenvalue weighted by Gasteiger charge is 2.38. The van der Waals surface area contributed by atoms with Gasteiger partial charge in [-0.3, -0.25) is 0 Å². The Morgan fingerprint density at radius 1 is 1.22 bits per heavy atom. The van der Waals surface area contributed by atoms with E-state index in [4.69, 9.17) is 15.0 Å². The second-order valence-electron chi connectivity index (χ2n) is 6.50. The standard InChI is InChI=1S/C20H23N3O3S/c1-14-7-9-16(10-8-14)27-20-17(22-23-21)11-18(19(12-24)26-20)25-13-15-5-3-2-4-6-15/h2-10,17-20,24H,11-13H2,1H3/t17-,18+,19-,20+/m1/s1. The molecule has 0 radical (unpaired) electrons. The maximum Gasteiger partial charge on any atom is 0.116 e. The molecule has 27 heavy (non-hydrogen) atoms. The molecule has 4 atom stereocenters. The summed E-state index contributed by atoms with van der Waals surface area (Å²) in [6, 6.07) is 17.6. The summed E-state index contributed by atoms with van der Waals surface area (Å²) in [4.78, 5) is 4.01. The first-order chi connectivity index (χ1) is 13.2. The van der Waals surface area contributed by atoms with Gasteiger partial charge in [-0.1, -0.05) is 64.9 Å². The molecule has 1 aliphatic heterocycles. The maximum absolute atomic E-state index is 9.78. The second kappa shape index (κ2) is 9.78. The molecule has 2 aromatic carbocycles. The summed E-state index contributed by atoms with van der Waals surface area (Å²) in [7, 11) is 0. The predicted octanol–water partition coefficient (Wildman–Crippen LogP) is 4.46. The van der Waals surface area contributed by atoms with Crippen molar-refractivity contribution in [3.63, 3.8) is 0 Å². The van der Waals surface area contributed by atoms with E-state index >= 15 is 0 Å². The number of azide groups is 1. The summed E-state index contributed by atoms with van der Waals surface area (Å²) in [6.07, 6.45) is -0.284. The minimum Gasteiger partial charge on any atom is -0.394 e. The Balaban J connectivity index is 1.68. The van der Waals surface area contributed by atoms with E-state index in [0.717, 1.165) is 10.5 Å². The van der Waals surface area contributed by atoms with E-state index in [9.17, 15) is 5.11 Å². The summed E-state index contributed by atoms with van der Waals surface area (Å²) in [5.74, 6) is 0. The number of aliphatic hydroxyl groups excluding tert-OH is 1. The molecule has 7 heteroatoms. The molecule has 3 rings (SSSR count). The first-order valence-corrected chi connectivity index (χ1v) is 9.77. The van der Waals surface area contributed by atoms with E-state index in [0.29, 0.717) is 13.0 Å². The molecule has 1 fully saturated rings. The maximum atomic E-state index is 9.78. The number of hydrogen-bond acceptors (Lipinski definition) is 5. The van der Waals surface area contributed by atoms with Gasteiger partial charge >= 0.3 is 0 Å². The number of rotatable bonds is 7. The molecule has 0 aliphatic carbocycles. The van der Waals surface area contributed by atoms with Crippen LogP contribution < -0.4 is 0 Å². The Morgan fingerprint density at radius 2 is 1.96 bits per heavy atom. The summed E-state index contributed by atoms with van der Waals surface area (Å²) >= 11 is 1.50. The van der Waals surface area contributed by atoms with Gasteiger partial charge in [-0.15, -0.1) is 0 Å². The van der Waals surface area contributed by atoms with Crippen molar-refractivity contribution in [2.45, 2.75) is 48.5 Å². The molecule has 0 amide bonds. The van der Waals surface area contributed by atoms with E-state index < -0.39 is 6.10 Å². The van der Waals surface area contributed by atoms with Crippen LogP contribution in [0, 0.1) is 6.92 Å². The molecule has 2 aromatic rings. The van der Waals surface area contributed by atoms with Crippen LogP contribution in [0.3, 0.4) is 0 Å². The van der Waals surface area contributed by atoms with Gasteiger partial charge in [0.1, 0.15) is 11.5 Å².